The number of nitrogens with zero attached hydrogens (tertiary/aromatic N) is 1. The van der Waals surface area contributed by atoms with Gasteiger partial charge in [-0.05, 0) is 60.7 Å². The van der Waals surface area contributed by atoms with E-state index in [2.05, 4.69) is 16.4 Å². The summed E-state index contributed by atoms with van der Waals surface area (Å²) in [5.74, 6) is 0.676. The van der Waals surface area contributed by atoms with Crippen LogP contribution in [-0.2, 0) is 4.79 Å². The van der Waals surface area contributed by atoms with Gasteiger partial charge < -0.3 is 14.8 Å². The molecule has 1 N–H and O–H groups in total. The summed E-state index contributed by atoms with van der Waals surface area (Å²) in [5, 5.41) is 3.82. The molecule has 1 aromatic heterocycles. The molecule has 0 saturated heterocycles. The molecule has 5 rings (SSSR count). The van der Waals surface area contributed by atoms with E-state index in [1.54, 1.807) is 35.6 Å². The molecule has 33 heavy (non-hydrogen) atoms. The van der Waals surface area contributed by atoms with Gasteiger partial charge in [0.25, 0.3) is 0 Å². The Morgan fingerprint density at radius 3 is 1.91 bits per heavy atom. The Hall–Kier alpha value is -4.16. The fraction of sp³-hybridized carbons (Fsp3) is 0.0370. The number of amides is 1. The maximum atomic E-state index is 13.0. The molecule has 0 radical (unpaired) electrons. The third-order valence-electron chi connectivity index (χ3n) is 4.88. The van der Waals surface area contributed by atoms with Crippen LogP contribution in [0.4, 0.5) is 5.69 Å². The van der Waals surface area contributed by atoms with Crippen LogP contribution in [-0.4, -0.2) is 17.2 Å². The van der Waals surface area contributed by atoms with Crippen molar-refractivity contribution in [1.82, 2.24) is 4.98 Å². The summed E-state index contributed by atoms with van der Waals surface area (Å²) < 4.78 is 12.8. The van der Waals surface area contributed by atoms with Crippen molar-refractivity contribution in [2.75, 3.05) is 5.32 Å². The molecule has 1 heterocycles. The van der Waals surface area contributed by atoms with Crippen molar-refractivity contribution in [1.29, 1.82) is 0 Å². The molecule has 0 unspecified atom stereocenters. The number of aromatic nitrogens is 1. The maximum absolute atomic E-state index is 13.0. The summed E-state index contributed by atoms with van der Waals surface area (Å²) in [6, 6.07) is 33.9. The smallest absolute Gasteiger partial charge is 0.321 e. The number of thiazole rings is 1. The maximum Gasteiger partial charge on any atom is 0.321 e. The van der Waals surface area contributed by atoms with E-state index < -0.39 is 12.2 Å². The number of ether oxygens (including phenoxy) is 2. The highest BCUT2D eigenvalue weighted by molar-refractivity contribution is 7.21. The van der Waals surface area contributed by atoms with Crippen LogP contribution in [0.25, 0.3) is 20.8 Å². The molecule has 0 spiro atoms. The Kier molecular flexibility index (Phi) is 5.99. The molecule has 0 aliphatic heterocycles. The van der Waals surface area contributed by atoms with E-state index in [4.69, 9.17) is 9.47 Å². The van der Waals surface area contributed by atoms with Gasteiger partial charge in [-0.2, -0.15) is 0 Å². The van der Waals surface area contributed by atoms with Gasteiger partial charge in [0.2, 0.25) is 0 Å². The molecule has 162 valence electrons. The second-order valence-electron chi connectivity index (χ2n) is 7.25. The first-order valence-electron chi connectivity index (χ1n) is 10.4. The molecule has 5 nitrogen and oxygen atoms in total. The lowest BCUT2D eigenvalue weighted by Gasteiger charge is -2.20. The molecule has 0 atom stereocenters. The molecule has 0 fully saturated rings. The number of benzene rings is 4. The van der Waals surface area contributed by atoms with Crippen molar-refractivity contribution < 1.29 is 14.3 Å². The second-order valence-corrected chi connectivity index (χ2v) is 8.28. The Balaban J connectivity index is 1.32. The molecule has 0 saturated carbocycles. The topological polar surface area (TPSA) is 60.5 Å². The first kappa shape index (κ1) is 20.7. The number of fused-ring (bicyclic) bond motifs is 1. The summed E-state index contributed by atoms with van der Waals surface area (Å²) in [4.78, 5) is 17.7. The molecule has 0 aliphatic rings. The van der Waals surface area contributed by atoms with Gasteiger partial charge in [0.05, 0.1) is 10.2 Å². The van der Waals surface area contributed by atoms with Crippen molar-refractivity contribution in [3.8, 4) is 22.1 Å². The van der Waals surface area contributed by atoms with Gasteiger partial charge in [-0.15, -0.1) is 11.3 Å². The SMILES string of the molecule is O=C(Nc1ccc(-c2nc3ccccc3s2)cc1)C(Oc1ccccc1)Oc1ccccc1. The molecular weight excluding hydrogens is 432 g/mol. The van der Waals surface area contributed by atoms with E-state index in [0.717, 1.165) is 20.8 Å². The molecule has 5 aromatic rings. The van der Waals surface area contributed by atoms with Crippen LogP contribution in [0.5, 0.6) is 11.5 Å². The monoisotopic (exact) mass is 452 g/mol. The van der Waals surface area contributed by atoms with Gasteiger partial charge in [-0.3, -0.25) is 4.79 Å². The van der Waals surface area contributed by atoms with Crippen LogP contribution in [0.1, 0.15) is 0 Å². The predicted molar refractivity (Wildman–Crippen MR) is 132 cm³/mol. The molecule has 0 bridgehead atoms. The zero-order valence-corrected chi connectivity index (χ0v) is 18.4. The first-order valence-corrected chi connectivity index (χ1v) is 11.3. The quantitative estimate of drug-likeness (QED) is 0.291. The highest BCUT2D eigenvalue weighted by Gasteiger charge is 2.23. The minimum atomic E-state index is -1.15. The normalized spacial score (nSPS) is 10.8. The van der Waals surface area contributed by atoms with Crippen LogP contribution in [0, 0.1) is 0 Å². The minimum absolute atomic E-state index is 0.407. The summed E-state index contributed by atoms with van der Waals surface area (Å²) >= 11 is 1.64. The van der Waals surface area contributed by atoms with E-state index in [0.29, 0.717) is 17.2 Å². The average molecular weight is 453 g/mol. The third kappa shape index (κ3) is 5.02. The largest absolute Gasteiger partial charge is 0.446 e. The van der Waals surface area contributed by atoms with E-state index in [1.165, 1.54) is 0 Å². The third-order valence-corrected chi connectivity index (χ3v) is 5.97. The molecule has 6 heteroatoms. The minimum Gasteiger partial charge on any atom is -0.446 e. The number of para-hydroxylation sites is 3. The molecular formula is C27H20N2O3S. The average Bonchev–Trinajstić information content (AvgIpc) is 3.30. The summed E-state index contributed by atoms with van der Waals surface area (Å²) in [6.45, 7) is 0. The van der Waals surface area contributed by atoms with Gasteiger partial charge in [0.1, 0.15) is 16.5 Å². The lowest BCUT2D eigenvalue weighted by atomic mass is 10.2. The lowest BCUT2D eigenvalue weighted by molar-refractivity contribution is -0.134. The molecule has 0 aliphatic carbocycles. The Bertz CT molecular complexity index is 1280. The fourth-order valence-electron chi connectivity index (χ4n) is 3.27. The second kappa shape index (κ2) is 9.54. The first-order chi connectivity index (χ1) is 16.2. The lowest BCUT2D eigenvalue weighted by Crippen LogP contribution is -2.38. The Labute approximate surface area is 195 Å². The Morgan fingerprint density at radius 1 is 0.727 bits per heavy atom. The zero-order valence-electron chi connectivity index (χ0n) is 17.5. The van der Waals surface area contributed by atoms with E-state index in [9.17, 15) is 4.79 Å². The number of nitrogens with one attached hydrogen (secondary N) is 1. The van der Waals surface area contributed by atoms with Crippen molar-refractivity contribution in [3.05, 3.63) is 109 Å². The van der Waals surface area contributed by atoms with Gasteiger partial charge >= 0.3 is 12.2 Å². The van der Waals surface area contributed by atoms with Crippen LogP contribution >= 0.6 is 11.3 Å². The van der Waals surface area contributed by atoms with Crippen LogP contribution in [0.2, 0.25) is 0 Å². The van der Waals surface area contributed by atoms with Crippen molar-refractivity contribution in [3.63, 3.8) is 0 Å². The number of carbonyl (C=O) groups excluding carboxylic acids is 1. The number of hydrogen-bond acceptors (Lipinski definition) is 5. The highest BCUT2D eigenvalue weighted by Crippen LogP contribution is 2.30. The molecule has 1 amide bonds. The summed E-state index contributed by atoms with van der Waals surface area (Å²) in [5.41, 5.74) is 2.61. The van der Waals surface area contributed by atoms with Crippen LogP contribution in [0.3, 0.4) is 0 Å². The standard InChI is InChI=1S/C27H20N2O3S/c30-25(27(31-21-9-3-1-4-10-21)32-22-11-5-2-6-12-22)28-20-17-15-19(16-18-20)26-29-23-13-7-8-14-24(23)33-26/h1-18,27H,(H,28,30). The van der Waals surface area contributed by atoms with E-state index in [-0.39, 0.29) is 0 Å². The number of rotatable bonds is 7. The van der Waals surface area contributed by atoms with Gasteiger partial charge in [0, 0.05) is 11.3 Å². The van der Waals surface area contributed by atoms with Crippen LogP contribution < -0.4 is 14.8 Å². The number of anilines is 1. The van der Waals surface area contributed by atoms with Crippen molar-refractivity contribution in [2.45, 2.75) is 6.29 Å². The van der Waals surface area contributed by atoms with Crippen molar-refractivity contribution in [2.24, 2.45) is 0 Å². The number of hydrogen-bond donors (Lipinski definition) is 1. The van der Waals surface area contributed by atoms with E-state index in [1.807, 2.05) is 78.9 Å². The molecule has 4 aromatic carbocycles. The van der Waals surface area contributed by atoms with Gasteiger partial charge in [0.15, 0.2) is 0 Å². The highest BCUT2D eigenvalue weighted by atomic mass is 32.1. The fourth-order valence-corrected chi connectivity index (χ4v) is 4.24. The van der Waals surface area contributed by atoms with E-state index >= 15 is 0 Å². The predicted octanol–water partition coefficient (Wildman–Crippen LogP) is 6.39. The summed E-state index contributed by atoms with van der Waals surface area (Å²) in [6.07, 6.45) is -1.15. The summed E-state index contributed by atoms with van der Waals surface area (Å²) in [7, 11) is 0. The van der Waals surface area contributed by atoms with Gasteiger partial charge in [-0.25, -0.2) is 4.98 Å². The van der Waals surface area contributed by atoms with Gasteiger partial charge in [-0.1, -0.05) is 48.5 Å². The Morgan fingerprint density at radius 2 is 1.30 bits per heavy atom. The van der Waals surface area contributed by atoms with Crippen LogP contribution in [0.15, 0.2) is 109 Å². The number of carbonyl (C=O) groups is 1. The zero-order chi connectivity index (χ0) is 22.5. The van der Waals surface area contributed by atoms with Crippen molar-refractivity contribution >= 4 is 33.1 Å².